The number of methoxy groups -OCH3 is 1. The van der Waals surface area contributed by atoms with Gasteiger partial charge >= 0.3 is 7.82 Å². The fourth-order valence-electron chi connectivity index (χ4n) is 1.50. The van der Waals surface area contributed by atoms with Crippen LogP contribution in [0.2, 0.25) is 0 Å². The molecule has 24 heavy (non-hydrogen) atoms. The summed E-state index contributed by atoms with van der Waals surface area (Å²) in [5, 5.41) is 17.1. The summed E-state index contributed by atoms with van der Waals surface area (Å²) in [6.45, 7) is -0.348. The smallest absolute Gasteiger partial charge is 0.493 e. The highest BCUT2D eigenvalue weighted by Crippen LogP contribution is 2.53. The van der Waals surface area contributed by atoms with Crippen molar-refractivity contribution in [1.29, 1.82) is 10.5 Å². The van der Waals surface area contributed by atoms with Crippen molar-refractivity contribution in [2.75, 3.05) is 20.3 Å². The summed E-state index contributed by atoms with van der Waals surface area (Å²) in [6.07, 6.45) is 0.582. The van der Waals surface area contributed by atoms with Gasteiger partial charge in [-0.2, -0.15) is 10.5 Å². The first-order valence-electron chi connectivity index (χ1n) is 6.65. The van der Waals surface area contributed by atoms with E-state index in [0.717, 1.165) is 0 Å². The fraction of sp³-hybridized carbons (Fsp3) is 0.357. The average Bonchev–Trinajstić information content (AvgIpc) is 2.57. The van der Waals surface area contributed by atoms with Gasteiger partial charge in [0.25, 0.3) is 0 Å². The van der Waals surface area contributed by atoms with Crippen molar-refractivity contribution in [1.82, 2.24) is 0 Å². The monoisotopic (exact) mass is 416 g/mol. The average molecular weight is 417 g/mol. The third-order valence-corrected chi connectivity index (χ3v) is 4.51. The predicted octanol–water partition coefficient (Wildman–Crippen LogP) is 3.62. The Labute approximate surface area is 147 Å². The van der Waals surface area contributed by atoms with Gasteiger partial charge in [0.15, 0.2) is 11.5 Å². The maximum absolute atomic E-state index is 12.7. The second kappa shape index (κ2) is 10.1. The Morgan fingerprint density at radius 1 is 1.21 bits per heavy atom. The molecule has 0 spiro atoms. The number of aldehydes is 1. The molecular formula is C14H14BrN2O6P. The zero-order valence-corrected chi connectivity index (χ0v) is 15.2. The Morgan fingerprint density at radius 3 is 2.25 bits per heavy atom. The van der Waals surface area contributed by atoms with Gasteiger partial charge in [0, 0.05) is 5.56 Å². The minimum atomic E-state index is -4.09. The van der Waals surface area contributed by atoms with Gasteiger partial charge in [0.2, 0.25) is 0 Å². The molecule has 0 N–H and O–H groups in total. The highest BCUT2D eigenvalue weighted by molar-refractivity contribution is 9.10. The molecule has 0 atom stereocenters. The van der Waals surface area contributed by atoms with Crippen molar-refractivity contribution >= 4 is 30.0 Å². The van der Waals surface area contributed by atoms with Gasteiger partial charge in [-0.25, -0.2) is 4.57 Å². The summed E-state index contributed by atoms with van der Waals surface area (Å²) >= 11 is 3.20. The van der Waals surface area contributed by atoms with Crippen molar-refractivity contribution < 1.29 is 27.7 Å². The van der Waals surface area contributed by atoms with Gasteiger partial charge in [-0.3, -0.25) is 13.8 Å². The zero-order valence-electron chi connectivity index (χ0n) is 12.7. The molecular weight excluding hydrogens is 403 g/mol. The molecule has 0 aliphatic rings. The van der Waals surface area contributed by atoms with Gasteiger partial charge in [0.1, 0.15) is 6.29 Å². The zero-order chi connectivity index (χ0) is 18.0. The van der Waals surface area contributed by atoms with Crippen molar-refractivity contribution in [3.63, 3.8) is 0 Å². The molecule has 10 heteroatoms. The largest absolute Gasteiger partial charge is 0.530 e. The number of carbonyl (C=O) groups is 1. The number of nitriles is 2. The molecule has 1 rings (SSSR count). The van der Waals surface area contributed by atoms with Crippen LogP contribution >= 0.6 is 23.8 Å². The molecule has 1 aromatic rings. The summed E-state index contributed by atoms with van der Waals surface area (Å²) in [4.78, 5) is 10.9. The number of halogens is 1. The molecule has 0 amide bonds. The van der Waals surface area contributed by atoms with Crippen LogP contribution in [0.5, 0.6) is 11.5 Å². The van der Waals surface area contributed by atoms with Crippen molar-refractivity contribution in [3.05, 3.63) is 22.2 Å². The summed E-state index contributed by atoms with van der Waals surface area (Å²) < 4.78 is 33.6. The van der Waals surface area contributed by atoms with Crippen molar-refractivity contribution in [3.8, 4) is 23.6 Å². The lowest BCUT2D eigenvalue weighted by Gasteiger charge is -2.20. The van der Waals surface area contributed by atoms with E-state index in [2.05, 4.69) is 15.9 Å². The lowest BCUT2D eigenvalue weighted by molar-refractivity contribution is 0.112. The second-order valence-electron chi connectivity index (χ2n) is 4.17. The van der Waals surface area contributed by atoms with E-state index in [1.807, 2.05) is 12.1 Å². The normalized spacial score (nSPS) is 10.5. The molecule has 0 aliphatic carbocycles. The number of hydrogen-bond donors (Lipinski definition) is 0. The van der Waals surface area contributed by atoms with E-state index in [9.17, 15) is 9.36 Å². The Morgan fingerprint density at radius 2 is 1.79 bits per heavy atom. The second-order valence-corrected chi connectivity index (χ2v) is 6.62. The first kappa shape index (κ1) is 20.1. The minimum absolute atomic E-state index is 0.0142. The van der Waals surface area contributed by atoms with E-state index in [4.69, 9.17) is 28.8 Å². The molecule has 0 saturated heterocycles. The van der Waals surface area contributed by atoms with Crippen LogP contribution < -0.4 is 9.26 Å². The lowest BCUT2D eigenvalue weighted by Crippen LogP contribution is -2.06. The van der Waals surface area contributed by atoms with Crippen molar-refractivity contribution in [2.45, 2.75) is 12.8 Å². The van der Waals surface area contributed by atoms with E-state index in [0.29, 0.717) is 16.3 Å². The standard InChI is InChI=1S/C14H14BrN2O6P/c1-20-13-9-11(10-18)8-12(15)14(13)23-24(19,21-6-2-4-16)22-7-3-5-17/h8-10H,2-3,6-7H2,1H3. The molecule has 8 nitrogen and oxygen atoms in total. The molecule has 1 aromatic carbocycles. The van der Waals surface area contributed by atoms with Crippen LogP contribution in [0, 0.1) is 22.7 Å². The Bertz CT molecular complexity index is 688. The van der Waals surface area contributed by atoms with E-state index in [1.165, 1.54) is 19.2 Å². The highest BCUT2D eigenvalue weighted by atomic mass is 79.9. The van der Waals surface area contributed by atoms with Crippen LogP contribution in [0.3, 0.4) is 0 Å². The molecule has 0 bridgehead atoms. The maximum Gasteiger partial charge on any atom is 0.530 e. The summed E-state index contributed by atoms with van der Waals surface area (Å²) in [5.74, 6) is 0.153. The van der Waals surface area contributed by atoms with Crippen LogP contribution in [-0.2, 0) is 13.6 Å². The van der Waals surface area contributed by atoms with Crippen LogP contribution in [0.4, 0.5) is 0 Å². The Hall–Kier alpha value is -1.90. The number of phosphoric ester groups is 1. The van der Waals surface area contributed by atoms with Crippen LogP contribution in [0.25, 0.3) is 0 Å². The number of nitrogens with zero attached hydrogens (tertiary/aromatic N) is 2. The van der Waals surface area contributed by atoms with Gasteiger partial charge in [-0.05, 0) is 28.1 Å². The summed E-state index contributed by atoms with van der Waals surface area (Å²) in [5.41, 5.74) is 0.316. The SMILES string of the molecule is COc1cc(C=O)cc(Br)c1OP(=O)(OCCC#N)OCCC#N. The number of phosphoric acid groups is 1. The first-order chi connectivity index (χ1) is 11.5. The predicted molar refractivity (Wildman–Crippen MR) is 86.7 cm³/mol. The summed E-state index contributed by atoms with van der Waals surface area (Å²) in [7, 11) is -2.74. The number of ether oxygens (including phenoxy) is 1. The van der Waals surface area contributed by atoms with E-state index >= 15 is 0 Å². The van der Waals surface area contributed by atoms with E-state index < -0.39 is 7.82 Å². The molecule has 0 aromatic heterocycles. The molecule has 0 radical (unpaired) electrons. The minimum Gasteiger partial charge on any atom is -0.493 e. The Balaban J connectivity index is 3.09. The van der Waals surface area contributed by atoms with Crippen LogP contribution in [0.15, 0.2) is 16.6 Å². The van der Waals surface area contributed by atoms with Crippen LogP contribution in [-0.4, -0.2) is 26.6 Å². The fourth-order valence-corrected chi connectivity index (χ4v) is 3.39. The highest BCUT2D eigenvalue weighted by Gasteiger charge is 2.31. The number of benzene rings is 1. The number of rotatable bonds is 10. The maximum atomic E-state index is 12.7. The quantitative estimate of drug-likeness (QED) is 0.322. The van der Waals surface area contributed by atoms with Gasteiger partial charge in [-0.15, -0.1) is 0 Å². The third-order valence-electron chi connectivity index (χ3n) is 2.52. The van der Waals surface area contributed by atoms with Gasteiger partial charge < -0.3 is 9.26 Å². The number of carbonyl (C=O) groups excluding carboxylic acids is 1. The van der Waals surface area contributed by atoms with E-state index in [1.54, 1.807) is 0 Å². The molecule has 0 fully saturated rings. The Kier molecular flexibility index (Phi) is 8.45. The molecule has 0 heterocycles. The van der Waals surface area contributed by atoms with Gasteiger partial charge in [-0.1, -0.05) is 0 Å². The summed E-state index contributed by atoms with van der Waals surface area (Å²) in [6, 6.07) is 6.51. The van der Waals surface area contributed by atoms with E-state index in [-0.39, 0.29) is 37.6 Å². The van der Waals surface area contributed by atoms with Crippen molar-refractivity contribution in [2.24, 2.45) is 0 Å². The topological polar surface area (TPSA) is 119 Å². The third kappa shape index (κ3) is 5.95. The molecule has 0 unspecified atom stereocenters. The molecule has 0 saturated carbocycles. The molecule has 128 valence electrons. The first-order valence-corrected chi connectivity index (χ1v) is 8.90. The van der Waals surface area contributed by atoms with Crippen LogP contribution in [0.1, 0.15) is 23.2 Å². The number of hydrogen-bond acceptors (Lipinski definition) is 8. The molecule has 0 aliphatic heterocycles. The lowest BCUT2D eigenvalue weighted by atomic mass is 10.2. The van der Waals surface area contributed by atoms with Gasteiger partial charge in [0.05, 0.1) is 49.8 Å².